The van der Waals surface area contributed by atoms with Crippen LogP contribution in [0.1, 0.15) is 26.3 Å². The summed E-state index contributed by atoms with van der Waals surface area (Å²) in [6, 6.07) is 11.8. The Morgan fingerprint density at radius 1 is 1.00 bits per heavy atom. The summed E-state index contributed by atoms with van der Waals surface area (Å²) in [5, 5.41) is 5.15. The number of nitrogens with one attached hydrogen (secondary N) is 2. The maximum atomic E-state index is 12.5. The monoisotopic (exact) mass is 506 g/mol. The Morgan fingerprint density at radius 2 is 1.61 bits per heavy atom. The van der Waals surface area contributed by atoms with Crippen LogP contribution in [-0.2, 0) is 5.41 Å². The number of hydrogen-bond donors (Lipinski definition) is 2. The molecule has 0 aromatic heterocycles. The molecule has 28 heavy (non-hydrogen) atoms. The van der Waals surface area contributed by atoms with E-state index in [1.807, 2.05) is 12.1 Å². The van der Waals surface area contributed by atoms with Crippen molar-refractivity contribution in [2.45, 2.75) is 35.9 Å². The summed E-state index contributed by atoms with van der Waals surface area (Å²) in [5.74, 6) is -1.28. The highest BCUT2D eigenvalue weighted by molar-refractivity contribution is 9.10. The van der Waals surface area contributed by atoms with Crippen LogP contribution in [0.5, 0.6) is 11.5 Å². The fourth-order valence-corrected chi connectivity index (χ4v) is 3.19. The number of rotatable bonds is 2. The van der Waals surface area contributed by atoms with E-state index in [1.54, 1.807) is 30.3 Å². The first-order valence-corrected chi connectivity index (χ1v) is 10.3. The van der Waals surface area contributed by atoms with Crippen LogP contribution in [0.2, 0.25) is 0 Å². The zero-order valence-electron chi connectivity index (χ0n) is 15.3. The fourth-order valence-electron chi connectivity index (χ4n) is 2.55. The molecule has 2 aromatic carbocycles. The molecule has 0 saturated heterocycles. The number of ether oxygens (including phenoxy) is 2. The summed E-state index contributed by atoms with van der Waals surface area (Å²) < 4.78 is 10.4. The second kappa shape index (κ2) is 7.48. The summed E-state index contributed by atoms with van der Waals surface area (Å²) in [6.07, 6.45) is 0. The molecule has 1 unspecified atom stereocenters. The van der Waals surface area contributed by atoms with E-state index in [1.165, 1.54) is 0 Å². The first kappa shape index (κ1) is 21.4. The van der Waals surface area contributed by atoms with Gasteiger partial charge in [0.25, 0.3) is 3.79 Å². The SMILES string of the molecule is CC(C)(C)c1ccc2c(c1)OC(NC(=O)Nc1ccc(Br)cc1)(C(Cl)(Cl)Cl)O2. The summed E-state index contributed by atoms with van der Waals surface area (Å²) in [4.78, 5) is 12.5. The predicted octanol–water partition coefficient (Wildman–Crippen LogP) is 6.36. The number of benzene rings is 2. The van der Waals surface area contributed by atoms with Gasteiger partial charge < -0.3 is 14.8 Å². The molecule has 0 fully saturated rings. The second-order valence-corrected chi connectivity index (χ2v) is 10.5. The molecule has 1 aliphatic heterocycles. The third-order valence-corrected chi connectivity index (χ3v) is 5.35. The number of carbonyl (C=O) groups is 1. The number of hydrogen-bond acceptors (Lipinski definition) is 3. The molecule has 0 bridgehead atoms. The molecule has 2 aromatic rings. The van der Waals surface area contributed by atoms with E-state index in [0.29, 0.717) is 17.2 Å². The molecule has 1 aliphatic rings. The van der Waals surface area contributed by atoms with Crippen LogP contribution < -0.4 is 20.1 Å². The summed E-state index contributed by atoms with van der Waals surface area (Å²) in [7, 11) is 0. The van der Waals surface area contributed by atoms with Crippen LogP contribution >= 0.6 is 50.7 Å². The molecule has 0 spiro atoms. The summed E-state index contributed by atoms with van der Waals surface area (Å²) in [5.41, 5.74) is 1.44. The zero-order valence-corrected chi connectivity index (χ0v) is 19.1. The molecule has 2 amide bonds. The van der Waals surface area contributed by atoms with Gasteiger partial charge in [0.2, 0.25) is 0 Å². The van der Waals surface area contributed by atoms with Crippen LogP contribution in [0.15, 0.2) is 46.9 Å². The average molecular weight is 509 g/mol. The van der Waals surface area contributed by atoms with Gasteiger partial charge in [0.05, 0.1) is 0 Å². The number of carbonyl (C=O) groups excluding carboxylic acids is 1. The van der Waals surface area contributed by atoms with E-state index in [4.69, 9.17) is 44.3 Å². The maximum Gasteiger partial charge on any atom is 0.389 e. The van der Waals surface area contributed by atoms with Gasteiger partial charge in [0.15, 0.2) is 11.5 Å². The van der Waals surface area contributed by atoms with E-state index < -0.39 is 15.7 Å². The second-order valence-electron chi connectivity index (χ2n) is 7.32. The largest absolute Gasteiger partial charge is 0.428 e. The van der Waals surface area contributed by atoms with Crippen LogP contribution in [0.4, 0.5) is 10.5 Å². The number of anilines is 1. The normalized spacial score (nSPS) is 18.7. The Hall–Kier alpha value is -1.34. The lowest BCUT2D eigenvalue weighted by Gasteiger charge is -2.33. The molecule has 1 atom stereocenters. The summed E-state index contributed by atoms with van der Waals surface area (Å²) in [6.45, 7) is 6.20. The van der Waals surface area contributed by atoms with Crippen LogP contribution in [0.3, 0.4) is 0 Å². The van der Waals surface area contributed by atoms with Gasteiger partial charge in [-0.1, -0.05) is 77.6 Å². The lowest BCUT2D eigenvalue weighted by molar-refractivity contribution is -0.0922. The predicted molar refractivity (Wildman–Crippen MR) is 116 cm³/mol. The van der Waals surface area contributed by atoms with Crippen molar-refractivity contribution < 1.29 is 14.3 Å². The quantitative estimate of drug-likeness (QED) is 0.464. The molecule has 9 heteroatoms. The Balaban J connectivity index is 1.84. The average Bonchev–Trinajstić information content (AvgIpc) is 2.94. The molecule has 150 valence electrons. The Kier molecular flexibility index (Phi) is 5.71. The third kappa shape index (κ3) is 4.46. The van der Waals surface area contributed by atoms with Gasteiger partial charge in [-0.2, -0.15) is 0 Å². The maximum absolute atomic E-state index is 12.5. The van der Waals surface area contributed by atoms with Crippen molar-refractivity contribution in [2.24, 2.45) is 0 Å². The highest BCUT2D eigenvalue weighted by Crippen LogP contribution is 2.49. The lowest BCUT2D eigenvalue weighted by Crippen LogP contribution is -2.64. The number of fused-ring (bicyclic) bond motifs is 1. The van der Waals surface area contributed by atoms with Gasteiger partial charge in [0, 0.05) is 10.2 Å². The van der Waals surface area contributed by atoms with E-state index >= 15 is 0 Å². The fraction of sp³-hybridized carbons (Fsp3) is 0.316. The number of urea groups is 1. The topological polar surface area (TPSA) is 59.6 Å². The van der Waals surface area contributed by atoms with Crippen molar-refractivity contribution in [1.29, 1.82) is 0 Å². The van der Waals surface area contributed by atoms with E-state index in [-0.39, 0.29) is 5.41 Å². The molecule has 1 heterocycles. The Morgan fingerprint density at radius 3 is 2.18 bits per heavy atom. The van der Waals surface area contributed by atoms with E-state index in [2.05, 4.69) is 47.3 Å². The first-order chi connectivity index (χ1) is 12.9. The van der Waals surface area contributed by atoms with Gasteiger partial charge in [-0.25, -0.2) is 4.79 Å². The van der Waals surface area contributed by atoms with Crippen molar-refractivity contribution in [2.75, 3.05) is 5.32 Å². The highest BCUT2D eigenvalue weighted by atomic mass is 79.9. The molecule has 2 N–H and O–H groups in total. The van der Waals surface area contributed by atoms with Gasteiger partial charge in [-0.05, 0) is 47.4 Å². The lowest BCUT2D eigenvalue weighted by atomic mass is 9.87. The first-order valence-electron chi connectivity index (χ1n) is 8.34. The minimum absolute atomic E-state index is 0.115. The van der Waals surface area contributed by atoms with Crippen molar-refractivity contribution in [1.82, 2.24) is 5.32 Å². The van der Waals surface area contributed by atoms with Crippen molar-refractivity contribution >= 4 is 62.5 Å². The summed E-state index contributed by atoms with van der Waals surface area (Å²) >= 11 is 21.7. The minimum Gasteiger partial charge on any atom is -0.428 e. The minimum atomic E-state index is -2.11. The molecular formula is C19H18BrCl3N2O3. The van der Waals surface area contributed by atoms with Gasteiger partial charge in [-0.3, -0.25) is 5.32 Å². The molecule has 0 radical (unpaired) electrons. The molecule has 0 aliphatic carbocycles. The van der Waals surface area contributed by atoms with Gasteiger partial charge in [0.1, 0.15) is 0 Å². The van der Waals surface area contributed by atoms with Crippen LogP contribution in [-0.4, -0.2) is 15.7 Å². The third-order valence-electron chi connectivity index (χ3n) is 4.07. The van der Waals surface area contributed by atoms with Gasteiger partial charge >= 0.3 is 11.9 Å². The van der Waals surface area contributed by atoms with E-state index in [9.17, 15) is 4.79 Å². The highest BCUT2D eigenvalue weighted by Gasteiger charge is 2.59. The van der Waals surface area contributed by atoms with Crippen LogP contribution in [0.25, 0.3) is 0 Å². The number of amides is 2. The molecular weight excluding hydrogens is 490 g/mol. The van der Waals surface area contributed by atoms with Gasteiger partial charge in [-0.15, -0.1) is 0 Å². The van der Waals surface area contributed by atoms with E-state index in [0.717, 1.165) is 10.0 Å². The number of halogens is 4. The Labute approximate surface area is 186 Å². The molecule has 3 rings (SSSR count). The molecule has 0 saturated carbocycles. The Bertz CT molecular complexity index is 895. The zero-order chi connectivity index (χ0) is 20.7. The van der Waals surface area contributed by atoms with Crippen molar-refractivity contribution in [3.8, 4) is 11.5 Å². The van der Waals surface area contributed by atoms with Crippen molar-refractivity contribution in [3.63, 3.8) is 0 Å². The smallest absolute Gasteiger partial charge is 0.389 e. The van der Waals surface area contributed by atoms with Crippen molar-refractivity contribution in [3.05, 3.63) is 52.5 Å². The van der Waals surface area contributed by atoms with Crippen LogP contribution in [0, 0.1) is 0 Å². The molecule has 5 nitrogen and oxygen atoms in total. The standard InChI is InChI=1S/C19H18BrCl3N2O3/c1-17(2,3)11-4-9-14-15(10-11)28-19(27-14,18(21,22)23)25-16(26)24-13-7-5-12(20)6-8-13/h4-10H,1-3H3,(H2,24,25,26). The number of alkyl halides is 3.